The van der Waals surface area contributed by atoms with Gasteiger partial charge in [-0.25, -0.2) is 0 Å². The van der Waals surface area contributed by atoms with Crippen LogP contribution in [0.2, 0.25) is 0 Å². The molecule has 2 rings (SSSR count). The maximum Gasteiger partial charge on any atom is 0.227 e. The average Bonchev–Trinajstić information content (AvgIpc) is 2.50. The summed E-state index contributed by atoms with van der Waals surface area (Å²) in [4.78, 5) is 14.3. The highest BCUT2D eigenvalue weighted by Crippen LogP contribution is 2.20. The molecule has 1 aliphatic rings. The Hall–Kier alpha value is -1.55. The van der Waals surface area contributed by atoms with Crippen LogP contribution in [-0.2, 0) is 9.53 Å². The van der Waals surface area contributed by atoms with Crippen LogP contribution in [0.3, 0.4) is 0 Å². The molecule has 0 unspecified atom stereocenters. The molecule has 1 amide bonds. The third-order valence-electron chi connectivity index (χ3n) is 3.87. The lowest BCUT2D eigenvalue weighted by atomic mass is 10.0. The SMILES string of the molecule is CCC(CC)C(=O)Nc1ccc(N2CCOCC2)cc1. The van der Waals surface area contributed by atoms with E-state index in [1.54, 1.807) is 0 Å². The lowest BCUT2D eigenvalue weighted by Gasteiger charge is -2.29. The van der Waals surface area contributed by atoms with Crippen molar-refractivity contribution in [3.05, 3.63) is 24.3 Å². The standard InChI is InChI=1S/C16H24N2O2/c1-3-13(4-2)16(19)17-14-5-7-15(8-6-14)18-9-11-20-12-10-18/h5-8,13H,3-4,9-12H2,1-2H3,(H,17,19). The van der Waals surface area contributed by atoms with Gasteiger partial charge in [0, 0.05) is 30.4 Å². The Morgan fingerprint density at radius 2 is 1.80 bits per heavy atom. The van der Waals surface area contributed by atoms with E-state index < -0.39 is 0 Å². The van der Waals surface area contributed by atoms with E-state index in [4.69, 9.17) is 4.74 Å². The van der Waals surface area contributed by atoms with Gasteiger partial charge in [0.1, 0.15) is 0 Å². The van der Waals surface area contributed by atoms with E-state index in [0.29, 0.717) is 0 Å². The van der Waals surface area contributed by atoms with Crippen LogP contribution < -0.4 is 10.2 Å². The Morgan fingerprint density at radius 1 is 1.20 bits per heavy atom. The minimum Gasteiger partial charge on any atom is -0.378 e. The van der Waals surface area contributed by atoms with Crippen LogP contribution in [0.25, 0.3) is 0 Å². The average molecular weight is 276 g/mol. The molecule has 0 spiro atoms. The number of carbonyl (C=O) groups is 1. The summed E-state index contributed by atoms with van der Waals surface area (Å²) in [6.45, 7) is 7.53. The molecule has 1 aromatic rings. The molecular formula is C16H24N2O2. The summed E-state index contributed by atoms with van der Waals surface area (Å²) in [7, 11) is 0. The summed E-state index contributed by atoms with van der Waals surface area (Å²) in [6.07, 6.45) is 1.77. The number of nitrogens with zero attached hydrogens (tertiary/aromatic N) is 1. The number of nitrogens with one attached hydrogen (secondary N) is 1. The molecule has 0 radical (unpaired) electrons. The van der Waals surface area contributed by atoms with Crippen LogP contribution in [0.1, 0.15) is 26.7 Å². The summed E-state index contributed by atoms with van der Waals surface area (Å²) in [5.74, 6) is 0.225. The number of hydrogen-bond donors (Lipinski definition) is 1. The molecule has 1 fully saturated rings. The van der Waals surface area contributed by atoms with E-state index in [2.05, 4.69) is 36.2 Å². The molecule has 0 atom stereocenters. The third kappa shape index (κ3) is 3.73. The second-order valence-electron chi connectivity index (χ2n) is 5.15. The second kappa shape index (κ2) is 7.29. The maximum absolute atomic E-state index is 12.0. The maximum atomic E-state index is 12.0. The van der Waals surface area contributed by atoms with Crippen molar-refractivity contribution in [3.63, 3.8) is 0 Å². The predicted molar refractivity (Wildman–Crippen MR) is 82.2 cm³/mol. The van der Waals surface area contributed by atoms with Gasteiger partial charge in [0.15, 0.2) is 0 Å². The fourth-order valence-corrected chi connectivity index (χ4v) is 2.48. The molecule has 4 nitrogen and oxygen atoms in total. The summed E-state index contributed by atoms with van der Waals surface area (Å²) >= 11 is 0. The van der Waals surface area contributed by atoms with Crippen molar-refractivity contribution in [1.29, 1.82) is 0 Å². The molecular weight excluding hydrogens is 252 g/mol. The number of amides is 1. The van der Waals surface area contributed by atoms with E-state index in [1.165, 1.54) is 5.69 Å². The molecule has 110 valence electrons. The van der Waals surface area contributed by atoms with Crippen molar-refractivity contribution in [3.8, 4) is 0 Å². The zero-order valence-electron chi connectivity index (χ0n) is 12.4. The van der Waals surface area contributed by atoms with Gasteiger partial charge >= 0.3 is 0 Å². The number of carbonyl (C=O) groups excluding carboxylic acids is 1. The molecule has 4 heteroatoms. The van der Waals surface area contributed by atoms with Gasteiger partial charge in [0.05, 0.1) is 13.2 Å². The number of hydrogen-bond acceptors (Lipinski definition) is 3. The van der Waals surface area contributed by atoms with Crippen molar-refractivity contribution < 1.29 is 9.53 Å². The van der Waals surface area contributed by atoms with Gasteiger partial charge in [-0.1, -0.05) is 13.8 Å². The lowest BCUT2D eigenvalue weighted by Crippen LogP contribution is -2.36. The van der Waals surface area contributed by atoms with Crippen LogP contribution in [0.5, 0.6) is 0 Å². The number of ether oxygens (including phenoxy) is 1. The van der Waals surface area contributed by atoms with Crippen LogP contribution in [0, 0.1) is 5.92 Å². The van der Waals surface area contributed by atoms with Crippen molar-refractivity contribution in [2.24, 2.45) is 5.92 Å². The fraction of sp³-hybridized carbons (Fsp3) is 0.562. The van der Waals surface area contributed by atoms with Crippen molar-refractivity contribution in [2.45, 2.75) is 26.7 Å². The Kier molecular flexibility index (Phi) is 5.41. The van der Waals surface area contributed by atoms with Crippen molar-refractivity contribution >= 4 is 17.3 Å². The summed E-state index contributed by atoms with van der Waals surface area (Å²) in [5.41, 5.74) is 2.06. The van der Waals surface area contributed by atoms with Crippen LogP contribution in [0.15, 0.2) is 24.3 Å². The summed E-state index contributed by atoms with van der Waals surface area (Å²) in [5, 5.41) is 2.99. The topological polar surface area (TPSA) is 41.6 Å². The largest absolute Gasteiger partial charge is 0.378 e. The number of rotatable bonds is 5. The molecule has 1 aliphatic heterocycles. The smallest absolute Gasteiger partial charge is 0.227 e. The van der Waals surface area contributed by atoms with Gasteiger partial charge in [-0.2, -0.15) is 0 Å². The Balaban J connectivity index is 1.95. The van der Waals surface area contributed by atoms with E-state index in [-0.39, 0.29) is 11.8 Å². The second-order valence-corrected chi connectivity index (χ2v) is 5.15. The molecule has 1 aromatic carbocycles. The summed E-state index contributed by atoms with van der Waals surface area (Å²) in [6, 6.07) is 8.08. The predicted octanol–water partition coefficient (Wildman–Crippen LogP) is 2.90. The van der Waals surface area contributed by atoms with E-state index in [1.807, 2.05) is 12.1 Å². The molecule has 1 N–H and O–H groups in total. The third-order valence-corrected chi connectivity index (χ3v) is 3.87. The van der Waals surface area contributed by atoms with Gasteiger partial charge in [0.2, 0.25) is 5.91 Å². The Labute approximate surface area is 121 Å². The number of anilines is 2. The van der Waals surface area contributed by atoms with Gasteiger partial charge in [-0.05, 0) is 37.1 Å². The highest BCUT2D eigenvalue weighted by molar-refractivity contribution is 5.92. The quantitative estimate of drug-likeness (QED) is 0.899. The fourth-order valence-electron chi connectivity index (χ4n) is 2.48. The van der Waals surface area contributed by atoms with E-state index in [9.17, 15) is 4.79 Å². The first-order chi connectivity index (χ1) is 9.74. The normalized spacial score (nSPS) is 15.4. The first kappa shape index (κ1) is 14.9. The van der Waals surface area contributed by atoms with Gasteiger partial charge in [-0.3, -0.25) is 4.79 Å². The van der Waals surface area contributed by atoms with E-state index in [0.717, 1.165) is 44.8 Å². The zero-order chi connectivity index (χ0) is 14.4. The summed E-state index contributed by atoms with van der Waals surface area (Å²) < 4.78 is 5.35. The number of morpholine rings is 1. The molecule has 0 aromatic heterocycles. The minimum atomic E-state index is 0.105. The van der Waals surface area contributed by atoms with E-state index >= 15 is 0 Å². The van der Waals surface area contributed by atoms with Gasteiger partial charge < -0.3 is 15.0 Å². The van der Waals surface area contributed by atoms with Crippen molar-refractivity contribution in [2.75, 3.05) is 36.5 Å². The molecule has 1 saturated heterocycles. The number of benzene rings is 1. The first-order valence-electron chi connectivity index (χ1n) is 7.48. The van der Waals surface area contributed by atoms with Crippen LogP contribution >= 0.6 is 0 Å². The zero-order valence-corrected chi connectivity index (χ0v) is 12.4. The molecule has 0 bridgehead atoms. The molecule has 0 aliphatic carbocycles. The minimum absolute atomic E-state index is 0.105. The Morgan fingerprint density at radius 3 is 2.35 bits per heavy atom. The van der Waals surface area contributed by atoms with Gasteiger partial charge in [-0.15, -0.1) is 0 Å². The lowest BCUT2D eigenvalue weighted by molar-refractivity contribution is -0.120. The molecule has 0 saturated carbocycles. The van der Waals surface area contributed by atoms with Gasteiger partial charge in [0.25, 0.3) is 0 Å². The van der Waals surface area contributed by atoms with Crippen molar-refractivity contribution in [1.82, 2.24) is 0 Å². The Bertz CT molecular complexity index is 421. The monoisotopic (exact) mass is 276 g/mol. The van der Waals surface area contributed by atoms with Crippen LogP contribution in [-0.4, -0.2) is 32.2 Å². The molecule has 20 heavy (non-hydrogen) atoms. The highest BCUT2D eigenvalue weighted by Gasteiger charge is 2.15. The highest BCUT2D eigenvalue weighted by atomic mass is 16.5. The first-order valence-corrected chi connectivity index (χ1v) is 7.48. The molecule has 1 heterocycles. The van der Waals surface area contributed by atoms with Crippen LogP contribution in [0.4, 0.5) is 11.4 Å².